The van der Waals surface area contributed by atoms with Gasteiger partial charge in [0.1, 0.15) is 12.7 Å². The predicted molar refractivity (Wildman–Crippen MR) is 69.1 cm³/mol. The summed E-state index contributed by atoms with van der Waals surface area (Å²) in [7, 11) is 4.70. The number of aromatic nitrogens is 3. The van der Waals surface area contributed by atoms with E-state index in [4.69, 9.17) is 14.2 Å². The maximum Gasteiger partial charge on any atom is 0.203 e. The van der Waals surface area contributed by atoms with Crippen LogP contribution in [-0.2, 0) is 0 Å². The highest BCUT2D eigenvalue weighted by Gasteiger charge is 2.12. The molecule has 0 aliphatic heterocycles. The molecule has 0 amide bonds. The zero-order valence-electron chi connectivity index (χ0n) is 10.9. The van der Waals surface area contributed by atoms with E-state index in [9.17, 15) is 0 Å². The minimum Gasteiger partial charge on any atom is -0.493 e. The van der Waals surface area contributed by atoms with Crippen molar-refractivity contribution >= 4 is 6.21 Å². The maximum atomic E-state index is 5.26. The molecule has 19 heavy (non-hydrogen) atoms. The van der Waals surface area contributed by atoms with E-state index in [1.54, 1.807) is 39.7 Å². The van der Waals surface area contributed by atoms with E-state index in [1.807, 2.05) is 0 Å². The van der Waals surface area contributed by atoms with Crippen molar-refractivity contribution < 1.29 is 14.2 Å². The van der Waals surface area contributed by atoms with E-state index >= 15 is 0 Å². The van der Waals surface area contributed by atoms with Gasteiger partial charge in [0.2, 0.25) is 5.75 Å². The van der Waals surface area contributed by atoms with Gasteiger partial charge in [-0.15, -0.1) is 10.2 Å². The van der Waals surface area contributed by atoms with Gasteiger partial charge in [0.05, 0.1) is 27.5 Å². The Kier molecular flexibility index (Phi) is 3.97. The topological polar surface area (TPSA) is 70.8 Å². The van der Waals surface area contributed by atoms with Crippen molar-refractivity contribution in [2.24, 2.45) is 5.10 Å². The second kappa shape index (κ2) is 5.85. The molecule has 0 spiro atoms. The molecule has 0 unspecified atom stereocenters. The first kappa shape index (κ1) is 12.9. The predicted octanol–water partition coefficient (Wildman–Crippen LogP) is 1.19. The molecule has 0 aliphatic rings. The van der Waals surface area contributed by atoms with Crippen LogP contribution in [0.2, 0.25) is 0 Å². The normalized spacial score (nSPS) is 10.7. The highest BCUT2D eigenvalue weighted by atomic mass is 16.5. The first-order chi connectivity index (χ1) is 9.28. The van der Waals surface area contributed by atoms with E-state index in [0.29, 0.717) is 17.2 Å². The van der Waals surface area contributed by atoms with Gasteiger partial charge in [-0.1, -0.05) is 0 Å². The van der Waals surface area contributed by atoms with Gasteiger partial charge in [-0.2, -0.15) is 5.10 Å². The Morgan fingerprint density at radius 1 is 1.00 bits per heavy atom. The minimum absolute atomic E-state index is 0.548. The van der Waals surface area contributed by atoms with Gasteiger partial charge < -0.3 is 14.2 Å². The molecule has 1 aromatic carbocycles. The van der Waals surface area contributed by atoms with Gasteiger partial charge in [-0.05, 0) is 12.1 Å². The lowest BCUT2D eigenvalue weighted by Gasteiger charge is -2.12. The summed E-state index contributed by atoms with van der Waals surface area (Å²) in [5, 5.41) is 11.5. The van der Waals surface area contributed by atoms with Crippen molar-refractivity contribution in [3.63, 3.8) is 0 Å². The van der Waals surface area contributed by atoms with Crippen molar-refractivity contribution in [3.05, 3.63) is 30.4 Å². The van der Waals surface area contributed by atoms with Crippen LogP contribution < -0.4 is 14.2 Å². The highest BCUT2D eigenvalue weighted by molar-refractivity contribution is 5.82. The average molecular weight is 262 g/mol. The lowest BCUT2D eigenvalue weighted by atomic mass is 10.2. The lowest BCUT2D eigenvalue weighted by molar-refractivity contribution is 0.324. The number of ether oxygens (including phenoxy) is 3. The Labute approximate surface area is 110 Å². The van der Waals surface area contributed by atoms with Crippen LogP contribution in [0.4, 0.5) is 0 Å². The van der Waals surface area contributed by atoms with E-state index in [2.05, 4.69) is 15.3 Å². The zero-order chi connectivity index (χ0) is 13.7. The molecule has 2 rings (SSSR count). The van der Waals surface area contributed by atoms with Crippen LogP contribution in [-0.4, -0.2) is 42.4 Å². The molecule has 1 heterocycles. The molecule has 0 saturated heterocycles. The number of methoxy groups -OCH3 is 3. The molecule has 0 saturated carbocycles. The van der Waals surface area contributed by atoms with Gasteiger partial charge >= 0.3 is 0 Å². The van der Waals surface area contributed by atoms with Gasteiger partial charge in [-0.25, -0.2) is 4.68 Å². The second-order valence-corrected chi connectivity index (χ2v) is 3.55. The molecule has 0 aliphatic carbocycles. The third-order valence-corrected chi connectivity index (χ3v) is 2.43. The van der Waals surface area contributed by atoms with E-state index in [-0.39, 0.29) is 0 Å². The summed E-state index contributed by atoms with van der Waals surface area (Å²) in [6, 6.07) is 3.60. The fourth-order valence-corrected chi connectivity index (χ4v) is 1.56. The number of hydrogen-bond acceptors (Lipinski definition) is 6. The quantitative estimate of drug-likeness (QED) is 0.757. The fourth-order valence-electron chi connectivity index (χ4n) is 1.56. The van der Waals surface area contributed by atoms with Crippen LogP contribution in [0.3, 0.4) is 0 Å². The molecule has 0 N–H and O–H groups in total. The number of benzene rings is 1. The summed E-state index contributed by atoms with van der Waals surface area (Å²) < 4.78 is 17.2. The van der Waals surface area contributed by atoms with Gasteiger partial charge in [-0.3, -0.25) is 0 Å². The van der Waals surface area contributed by atoms with Crippen LogP contribution in [0.25, 0.3) is 0 Å². The molecule has 0 atom stereocenters. The summed E-state index contributed by atoms with van der Waals surface area (Å²) in [6.07, 6.45) is 4.64. The largest absolute Gasteiger partial charge is 0.493 e. The Balaban J connectivity index is 2.36. The maximum absolute atomic E-state index is 5.26. The Bertz CT molecular complexity index is 541. The molecule has 0 fully saturated rings. The summed E-state index contributed by atoms with van der Waals surface area (Å²) in [6.45, 7) is 0. The van der Waals surface area contributed by atoms with Crippen LogP contribution in [0.5, 0.6) is 17.2 Å². The van der Waals surface area contributed by atoms with Gasteiger partial charge in [0.25, 0.3) is 0 Å². The summed E-state index contributed by atoms with van der Waals surface area (Å²) in [5.41, 5.74) is 0.809. The summed E-state index contributed by atoms with van der Waals surface area (Å²) in [4.78, 5) is 0. The SMILES string of the molecule is COc1cc(/C=N/n2cnnc2)cc(OC)c1OC. The van der Waals surface area contributed by atoms with E-state index < -0.39 is 0 Å². The molecule has 0 radical (unpaired) electrons. The van der Waals surface area contributed by atoms with Crippen molar-refractivity contribution in [2.45, 2.75) is 0 Å². The smallest absolute Gasteiger partial charge is 0.203 e. The summed E-state index contributed by atoms with van der Waals surface area (Å²) in [5.74, 6) is 1.70. The molecule has 100 valence electrons. The number of nitrogens with zero attached hydrogens (tertiary/aromatic N) is 4. The first-order valence-corrected chi connectivity index (χ1v) is 5.47. The zero-order valence-corrected chi connectivity index (χ0v) is 10.9. The van der Waals surface area contributed by atoms with Crippen molar-refractivity contribution in [1.82, 2.24) is 14.9 Å². The molecular weight excluding hydrogens is 248 g/mol. The Morgan fingerprint density at radius 3 is 2.05 bits per heavy atom. The number of hydrogen-bond donors (Lipinski definition) is 0. The molecule has 1 aromatic heterocycles. The third kappa shape index (κ3) is 2.82. The Morgan fingerprint density at radius 2 is 1.58 bits per heavy atom. The van der Waals surface area contributed by atoms with E-state index in [0.717, 1.165) is 5.56 Å². The van der Waals surface area contributed by atoms with Crippen LogP contribution in [0.1, 0.15) is 5.56 Å². The van der Waals surface area contributed by atoms with Crippen molar-refractivity contribution in [3.8, 4) is 17.2 Å². The molecular formula is C12H14N4O3. The monoisotopic (exact) mass is 262 g/mol. The van der Waals surface area contributed by atoms with Crippen LogP contribution in [0, 0.1) is 0 Å². The standard InChI is InChI=1S/C12H14N4O3/c1-17-10-4-9(5-11(18-2)12(10)19-3)6-15-16-7-13-14-8-16/h4-8H,1-3H3/b15-6+. The van der Waals surface area contributed by atoms with Gasteiger partial charge in [0.15, 0.2) is 11.5 Å². The van der Waals surface area contributed by atoms with Gasteiger partial charge in [0, 0.05) is 5.56 Å². The molecule has 7 heteroatoms. The summed E-state index contributed by atoms with van der Waals surface area (Å²) >= 11 is 0. The average Bonchev–Trinajstić information content (AvgIpc) is 2.97. The van der Waals surface area contributed by atoms with E-state index in [1.165, 1.54) is 17.3 Å². The molecule has 2 aromatic rings. The third-order valence-electron chi connectivity index (χ3n) is 2.43. The minimum atomic E-state index is 0.548. The van der Waals surface area contributed by atoms with Crippen LogP contribution >= 0.6 is 0 Å². The second-order valence-electron chi connectivity index (χ2n) is 3.55. The van der Waals surface area contributed by atoms with Crippen molar-refractivity contribution in [1.29, 1.82) is 0 Å². The molecule has 0 bridgehead atoms. The number of rotatable bonds is 5. The first-order valence-electron chi connectivity index (χ1n) is 5.47. The molecule has 7 nitrogen and oxygen atoms in total. The lowest BCUT2D eigenvalue weighted by Crippen LogP contribution is -1.97. The highest BCUT2D eigenvalue weighted by Crippen LogP contribution is 2.37. The van der Waals surface area contributed by atoms with Crippen molar-refractivity contribution in [2.75, 3.05) is 21.3 Å². The Hall–Kier alpha value is -2.57. The van der Waals surface area contributed by atoms with Crippen LogP contribution in [0.15, 0.2) is 29.9 Å². The fraction of sp³-hybridized carbons (Fsp3) is 0.250.